The summed E-state index contributed by atoms with van der Waals surface area (Å²) < 4.78 is 5.22. The van der Waals surface area contributed by atoms with E-state index < -0.39 is 33.7 Å². The van der Waals surface area contributed by atoms with Crippen molar-refractivity contribution in [3.05, 3.63) is 29.8 Å². The first-order chi connectivity index (χ1) is 9.29. The van der Waals surface area contributed by atoms with Gasteiger partial charge in [-0.15, -0.1) is 0 Å². The molecule has 0 saturated carbocycles. The van der Waals surface area contributed by atoms with E-state index in [0.29, 0.717) is 6.42 Å². The molecule has 1 aromatic rings. The molecule has 0 spiro atoms. The summed E-state index contributed by atoms with van der Waals surface area (Å²) in [7, 11) is -0.962. The van der Waals surface area contributed by atoms with Gasteiger partial charge in [-0.25, -0.2) is 0 Å². The molecule has 1 aliphatic heterocycles. The topological polar surface area (TPSA) is 69.9 Å². The van der Waals surface area contributed by atoms with Gasteiger partial charge in [0.1, 0.15) is 6.10 Å². The van der Waals surface area contributed by atoms with Gasteiger partial charge in [0.25, 0.3) is 0 Å². The average molecular weight is 296 g/mol. The fourth-order valence-electron chi connectivity index (χ4n) is 2.71. The van der Waals surface area contributed by atoms with Gasteiger partial charge in [0.15, 0.2) is 6.29 Å². The highest BCUT2D eigenvalue weighted by atomic mass is 28.2. The normalized spacial score (nSPS) is 29.2. The predicted molar refractivity (Wildman–Crippen MR) is 80.8 cm³/mol. The van der Waals surface area contributed by atoms with Crippen molar-refractivity contribution in [2.24, 2.45) is 0 Å². The molecular formula is C15H24O4Si. The lowest BCUT2D eigenvalue weighted by Crippen LogP contribution is -2.41. The third-order valence-corrected chi connectivity index (χ3v) is 5.80. The second-order valence-electron chi connectivity index (χ2n) is 6.55. The Kier molecular flexibility index (Phi) is 4.66. The van der Waals surface area contributed by atoms with Crippen LogP contribution in [0.4, 0.5) is 0 Å². The van der Waals surface area contributed by atoms with E-state index in [9.17, 15) is 15.3 Å². The minimum atomic E-state index is -1.17. The highest BCUT2D eigenvalue weighted by Gasteiger charge is 2.37. The summed E-state index contributed by atoms with van der Waals surface area (Å²) in [4.78, 5) is 0. The summed E-state index contributed by atoms with van der Waals surface area (Å²) >= 11 is 0. The number of hydrogen-bond acceptors (Lipinski definition) is 4. The molecule has 2 rings (SSSR count). The maximum absolute atomic E-state index is 10.3. The lowest BCUT2D eigenvalue weighted by molar-refractivity contribution is -0.137. The van der Waals surface area contributed by atoms with Crippen LogP contribution in [0.2, 0.25) is 0 Å². The quantitative estimate of drug-likeness (QED) is 0.662. The second-order valence-corrected chi connectivity index (χ2v) is 8.55. The van der Waals surface area contributed by atoms with Crippen LogP contribution in [0.1, 0.15) is 32.8 Å². The zero-order valence-corrected chi connectivity index (χ0v) is 13.7. The fraction of sp³-hybridized carbons (Fsp3) is 0.600. The average Bonchev–Trinajstić information content (AvgIpc) is 2.69. The molecule has 0 aromatic heterocycles. The largest absolute Gasteiger partial charge is 0.394 e. The summed E-state index contributed by atoms with van der Waals surface area (Å²) in [6.07, 6.45) is -2.21. The number of ether oxygens (including phenoxy) is 1. The Bertz CT molecular complexity index is 447. The van der Waals surface area contributed by atoms with E-state index in [-0.39, 0.29) is 5.41 Å². The van der Waals surface area contributed by atoms with Gasteiger partial charge in [0.05, 0.1) is 21.4 Å². The van der Waals surface area contributed by atoms with E-state index in [1.807, 2.05) is 12.1 Å². The maximum atomic E-state index is 10.3. The van der Waals surface area contributed by atoms with E-state index >= 15 is 0 Å². The number of hydrogen-bond donors (Lipinski definition) is 3. The van der Waals surface area contributed by atoms with Crippen molar-refractivity contribution in [2.75, 3.05) is 0 Å². The fourth-order valence-corrected chi connectivity index (χ4v) is 4.87. The summed E-state index contributed by atoms with van der Waals surface area (Å²) in [5, 5.41) is 30.5. The Morgan fingerprint density at radius 3 is 2.45 bits per heavy atom. The van der Waals surface area contributed by atoms with Gasteiger partial charge in [-0.3, -0.25) is 0 Å². The number of aliphatic hydroxyl groups excluding tert-OH is 3. The summed E-state index contributed by atoms with van der Waals surface area (Å²) in [5.74, 6) is 0. The van der Waals surface area contributed by atoms with Gasteiger partial charge >= 0.3 is 0 Å². The van der Waals surface area contributed by atoms with Crippen LogP contribution in [-0.4, -0.2) is 49.1 Å². The van der Waals surface area contributed by atoms with Crippen LogP contribution in [0.25, 0.3) is 0 Å². The van der Waals surface area contributed by atoms with Gasteiger partial charge in [0.2, 0.25) is 0 Å². The Hall–Kier alpha value is -0.723. The van der Waals surface area contributed by atoms with E-state index in [4.69, 9.17) is 4.74 Å². The molecule has 2 unspecified atom stereocenters. The van der Waals surface area contributed by atoms with Crippen molar-refractivity contribution >= 4 is 14.7 Å². The van der Waals surface area contributed by atoms with Gasteiger partial charge in [-0.1, -0.05) is 50.2 Å². The molecule has 3 N–H and O–H groups in total. The van der Waals surface area contributed by atoms with Crippen molar-refractivity contribution < 1.29 is 20.1 Å². The first-order valence-corrected chi connectivity index (χ1v) is 8.59. The standard InChI is InChI=1S/C15H24O4Si/c1-15(2,3)9-6-4-5-7-12(9)20-14(18)11-8-10(16)13(17)19-11/h4-7,10-11,13-14,16-18H,8,20H2,1-3H3/t10-,11+,13?,14?/m1/s1. The molecule has 1 aliphatic rings. The molecule has 0 bridgehead atoms. The number of rotatable bonds is 3. The molecule has 1 aromatic carbocycles. The lowest BCUT2D eigenvalue weighted by atomic mass is 9.87. The predicted octanol–water partition coefficient (Wildman–Crippen LogP) is -0.435. The molecule has 1 heterocycles. The highest BCUT2D eigenvalue weighted by molar-refractivity contribution is 6.55. The minimum absolute atomic E-state index is 0.0405. The Morgan fingerprint density at radius 1 is 1.25 bits per heavy atom. The molecule has 0 radical (unpaired) electrons. The van der Waals surface area contributed by atoms with Crippen LogP contribution in [0, 0.1) is 0 Å². The Balaban J connectivity index is 2.11. The smallest absolute Gasteiger partial charge is 0.181 e. The van der Waals surface area contributed by atoms with Crippen molar-refractivity contribution in [3.63, 3.8) is 0 Å². The van der Waals surface area contributed by atoms with E-state index in [1.165, 1.54) is 10.8 Å². The summed E-state index contributed by atoms with van der Waals surface area (Å²) in [6.45, 7) is 6.48. The molecule has 4 nitrogen and oxygen atoms in total. The number of aliphatic hydroxyl groups is 3. The van der Waals surface area contributed by atoms with Crippen LogP contribution in [0.15, 0.2) is 24.3 Å². The van der Waals surface area contributed by atoms with Crippen LogP contribution < -0.4 is 5.19 Å². The molecule has 112 valence electrons. The van der Waals surface area contributed by atoms with Gasteiger partial charge in [-0.2, -0.15) is 0 Å². The highest BCUT2D eigenvalue weighted by Crippen LogP contribution is 2.23. The van der Waals surface area contributed by atoms with Crippen molar-refractivity contribution in [1.82, 2.24) is 0 Å². The molecule has 0 amide bonds. The van der Waals surface area contributed by atoms with Crippen molar-refractivity contribution in [3.8, 4) is 0 Å². The molecule has 1 saturated heterocycles. The first kappa shape index (κ1) is 15.7. The third kappa shape index (κ3) is 3.48. The minimum Gasteiger partial charge on any atom is -0.394 e. The third-order valence-electron chi connectivity index (χ3n) is 3.80. The van der Waals surface area contributed by atoms with E-state index in [0.717, 1.165) is 0 Å². The van der Waals surface area contributed by atoms with Crippen LogP contribution in [-0.2, 0) is 10.2 Å². The molecule has 20 heavy (non-hydrogen) atoms. The van der Waals surface area contributed by atoms with Gasteiger partial charge in [-0.05, 0) is 11.0 Å². The van der Waals surface area contributed by atoms with E-state index in [1.54, 1.807) is 0 Å². The molecular weight excluding hydrogens is 272 g/mol. The lowest BCUT2D eigenvalue weighted by Gasteiger charge is -2.25. The molecule has 0 aliphatic carbocycles. The van der Waals surface area contributed by atoms with Crippen molar-refractivity contribution in [2.45, 2.75) is 56.8 Å². The first-order valence-electron chi connectivity index (χ1n) is 7.07. The summed E-state index contributed by atoms with van der Waals surface area (Å²) in [6, 6.07) is 8.18. The molecule has 1 fully saturated rings. The molecule has 4 atom stereocenters. The second kappa shape index (κ2) is 5.95. The zero-order chi connectivity index (χ0) is 14.9. The zero-order valence-electron chi connectivity index (χ0n) is 12.3. The van der Waals surface area contributed by atoms with Crippen molar-refractivity contribution in [1.29, 1.82) is 0 Å². The monoisotopic (exact) mass is 296 g/mol. The van der Waals surface area contributed by atoms with Crippen LogP contribution >= 0.6 is 0 Å². The number of benzene rings is 1. The maximum Gasteiger partial charge on any atom is 0.181 e. The summed E-state index contributed by atoms with van der Waals surface area (Å²) in [5.41, 5.74) is 0.703. The van der Waals surface area contributed by atoms with E-state index in [2.05, 4.69) is 32.9 Å². The molecule has 5 heteroatoms. The Labute approximate surface area is 122 Å². The van der Waals surface area contributed by atoms with Crippen LogP contribution in [0.3, 0.4) is 0 Å². The SMILES string of the molecule is CC(C)(C)c1ccccc1[SiH2]C(O)[C@@H]1C[C@@H](O)C(O)O1. The van der Waals surface area contributed by atoms with Gasteiger partial charge in [0, 0.05) is 6.42 Å². The van der Waals surface area contributed by atoms with Gasteiger partial charge < -0.3 is 20.1 Å². The van der Waals surface area contributed by atoms with Crippen LogP contribution in [0.5, 0.6) is 0 Å². The Morgan fingerprint density at radius 2 is 1.90 bits per heavy atom.